The van der Waals surface area contributed by atoms with Crippen molar-refractivity contribution in [3.63, 3.8) is 0 Å². The molecule has 5 atom stereocenters. The van der Waals surface area contributed by atoms with Gasteiger partial charge in [0, 0.05) is 6.42 Å². The van der Waals surface area contributed by atoms with Crippen molar-refractivity contribution in [2.75, 3.05) is 18.6 Å². The predicted molar refractivity (Wildman–Crippen MR) is 139 cm³/mol. The minimum atomic E-state index is -1.55. The molecular formula is C24H39N5O6S. The second-order valence-electron chi connectivity index (χ2n) is 8.55. The molecule has 0 bridgehead atoms. The van der Waals surface area contributed by atoms with Crippen molar-refractivity contribution in [3.8, 4) is 0 Å². The maximum atomic E-state index is 13.2. The lowest BCUT2D eigenvalue weighted by molar-refractivity contribution is -0.145. The summed E-state index contributed by atoms with van der Waals surface area (Å²) >= 11 is 1.55. The Morgan fingerprint density at radius 1 is 0.944 bits per heavy atom. The fourth-order valence-electron chi connectivity index (χ4n) is 3.39. The quantitative estimate of drug-likeness (QED) is 0.129. The Balaban J connectivity index is 3.08. The molecule has 9 N–H and O–H groups in total. The van der Waals surface area contributed by atoms with E-state index in [1.807, 2.05) is 6.26 Å². The molecule has 0 aliphatic carbocycles. The van der Waals surface area contributed by atoms with E-state index in [0.29, 0.717) is 31.6 Å². The van der Waals surface area contributed by atoms with Gasteiger partial charge in [-0.15, -0.1) is 0 Å². The molecule has 0 aromatic heterocycles. The van der Waals surface area contributed by atoms with Gasteiger partial charge in [-0.05, 0) is 56.7 Å². The number of unbranched alkanes of at least 4 members (excludes halogenated alkanes) is 1. The molecule has 1 rings (SSSR count). The van der Waals surface area contributed by atoms with Crippen LogP contribution in [0.2, 0.25) is 0 Å². The number of nitrogens with two attached hydrogens (primary N) is 2. The predicted octanol–water partition coefficient (Wildman–Crippen LogP) is -0.642. The first-order valence-corrected chi connectivity index (χ1v) is 13.3. The molecule has 0 saturated carbocycles. The number of aliphatic hydroxyl groups is 1. The molecule has 0 spiro atoms. The fourth-order valence-corrected chi connectivity index (χ4v) is 3.88. The van der Waals surface area contributed by atoms with Gasteiger partial charge < -0.3 is 37.6 Å². The lowest BCUT2D eigenvalue weighted by Crippen LogP contribution is -2.58. The fraction of sp³-hybridized carbons (Fsp3) is 0.583. The van der Waals surface area contributed by atoms with Crippen LogP contribution in [-0.2, 0) is 25.6 Å². The minimum absolute atomic E-state index is 0.0707. The number of amides is 3. The van der Waals surface area contributed by atoms with Crippen LogP contribution in [0, 0.1) is 0 Å². The van der Waals surface area contributed by atoms with Gasteiger partial charge in [0.1, 0.15) is 12.1 Å². The van der Waals surface area contributed by atoms with Crippen LogP contribution in [0.3, 0.4) is 0 Å². The Kier molecular flexibility index (Phi) is 14.7. The number of carbonyl (C=O) groups is 4. The topological polar surface area (TPSA) is 197 Å². The standard InChI is InChI=1S/C24H39N5O6S/c1-15(30)20(24(34)35)29-23(33)19(14-16-8-4-3-5-9-16)28-22(32)18(10-6-7-12-25)27-21(31)17(26)11-13-36-2/h3-5,8-9,15,17-20,30H,6-7,10-14,25-26H2,1-2H3,(H,27,31)(H,28,32)(H,29,33)(H,34,35). The van der Waals surface area contributed by atoms with Gasteiger partial charge in [0.25, 0.3) is 0 Å². The first kappa shape index (κ1) is 31.4. The minimum Gasteiger partial charge on any atom is -0.480 e. The van der Waals surface area contributed by atoms with Crippen LogP contribution in [0.5, 0.6) is 0 Å². The molecule has 202 valence electrons. The van der Waals surface area contributed by atoms with Crippen molar-refractivity contribution in [2.24, 2.45) is 11.5 Å². The number of carbonyl (C=O) groups excluding carboxylic acids is 3. The van der Waals surface area contributed by atoms with Crippen LogP contribution in [0.25, 0.3) is 0 Å². The maximum Gasteiger partial charge on any atom is 0.328 e. The van der Waals surface area contributed by atoms with E-state index in [2.05, 4.69) is 16.0 Å². The number of aliphatic carboxylic acids is 1. The molecule has 0 saturated heterocycles. The van der Waals surface area contributed by atoms with E-state index in [1.165, 1.54) is 6.92 Å². The number of carboxylic acids is 1. The maximum absolute atomic E-state index is 13.2. The molecular weight excluding hydrogens is 486 g/mol. The normalized spacial score (nSPS) is 15.1. The number of aliphatic hydroxyl groups excluding tert-OH is 1. The van der Waals surface area contributed by atoms with Crippen LogP contribution in [0.4, 0.5) is 0 Å². The molecule has 1 aromatic rings. The Bertz CT molecular complexity index is 842. The summed E-state index contributed by atoms with van der Waals surface area (Å²) in [5.74, 6) is -2.57. The van der Waals surface area contributed by atoms with Gasteiger partial charge in [-0.1, -0.05) is 30.3 Å². The van der Waals surface area contributed by atoms with E-state index in [4.69, 9.17) is 11.5 Å². The number of rotatable bonds is 17. The van der Waals surface area contributed by atoms with Crippen molar-refractivity contribution in [3.05, 3.63) is 35.9 Å². The molecule has 0 heterocycles. The third-order valence-electron chi connectivity index (χ3n) is 5.51. The van der Waals surface area contributed by atoms with Crippen LogP contribution in [0.15, 0.2) is 30.3 Å². The van der Waals surface area contributed by atoms with Gasteiger partial charge in [0.2, 0.25) is 17.7 Å². The number of carboxylic acid groups (broad SMARTS) is 1. The molecule has 3 amide bonds. The summed E-state index contributed by atoms with van der Waals surface area (Å²) in [7, 11) is 0. The smallest absolute Gasteiger partial charge is 0.328 e. The van der Waals surface area contributed by atoms with E-state index < -0.39 is 54.0 Å². The molecule has 11 nitrogen and oxygen atoms in total. The van der Waals surface area contributed by atoms with Crippen molar-refractivity contribution in [2.45, 2.75) is 69.3 Å². The zero-order valence-corrected chi connectivity index (χ0v) is 21.6. The molecule has 5 unspecified atom stereocenters. The van der Waals surface area contributed by atoms with Gasteiger partial charge in [0.15, 0.2) is 6.04 Å². The van der Waals surface area contributed by atoms with Gasteiger partial charge in [-0.2, -0.15) is 11.8 Å². The zero-order chi connectivity index (χ0) is 27.1. The van der Waals surface area contributed by atoms with Crippen LogP contribution >= 0.6 is 11.8 Å². The monoisotopic (exact) mass is 525 g/mol. The Labute approximate surface area is 216 Å². The van der Waals surface area contributed by atoms with Crippen LogP contribution < -0.4 is 27.4 Å². The largest absolute Gasteiger partial charge is 0.480 e. The highest BCUT2D eigenvalue weighted by atomic mass is 32.2. The Hall–Kier alpha value is -2.67. The molecule has 0 radical (unpaired) electrons. The van der Waals surface area contributed by atoms with Crippen molar-refractivity contribution < 1.29 is 29.4 Å². The van der Waals surface area contributed by atoms with Gasteiger partial charge in [-0.25, -0.2) is 4.79 Å². The third kappa shape index (κ3) is 11.4. The highest BCUT2D eigenvalue weighted by molar-refractivity contribution is 7.98. The zero-order valence-electron chi connectivity index (χ0n) is 20.8. The summed E-state index contributed by atoms with van der Waals surface area (Å²) < 4.78 is 0. The first-order chi connectivity index (χ1) is 17.1. The average Bonchev–Trinajstić information content (AvgIpc) is 2.84. The number of hydrogen-bond donors (Lipinski definition) is 7. The highest BCUT2D eigenvalue weighted by Crippen LogP contribution is 2.08. The van der Waals surface area contributed by atoms with Crippen LogP contribution in [-0.4, -0.2) is 82.7 Å². The lowest BCUT2D eigenvalue weighted by atomic mass is 10.0. The summed E-state index contributed by atoms with van der Waals surface area (Å²) in [6, 6.07) is 4.43. The van der Waals surface area contributed by atoms with Gasteiger partial charge in [-0.3, -0.25) is 14.4 Å². The van der Waals surface area contributed by atoms with Crippen molar-refractivity contribution in [1.82, 2.24) is 16.0 Å². The summed E-state index contributed by atoms with van der Waals surface area (Å²) in [5.41, 5.74) is 12.2. The highest BCUT2D eigenvalue weighted by Gasteiger charge is 2.32. The molecule has 0 fully saturated rings. The summed E-state index contributed by atoms with van der Waals surface area (Å²) in [6.45, 7) is 1.66. The average molecular weight is 526 g/mol. The van der Waals surface area contributed by atoms with Crippen molar-refractivity contribution >= 4 is 35.5 Å². The Morgan fingerprint density at radius 2 is 1.56 bits per heavy atom. The van der Waals surface area contributed by atoms with E-state index in [-0.39, 0.29) is 12.8 Å². The number of benzene rings is 1. The molecule has 1 aromatic carbocycles. The van der Waals surface area contributed by atoms with E-state index in [0.717, 1.165) is 5.56 Å². The summed E-state index contributed by atoms with van der Waals surface area (Å²) in [4.78, 5) is 50.3. The third-order valence-corrected chi connectivity index (χ3v) is 6.16. The number of thioether (sulfide) groups is 1. The SMILES string of the molecule is CSCCC(N)C(=O)NC(CCCCN)C(=O)NC(Cc1ccccc1)C(=O)NC(C(=O)O)C(C)O. The molecule has 0 aliphatic heterocycles. The second-order valence-corrected chi connectivity index (χ2v) is 9.54. The Morgan fingerprint density at radius 3 is 2.11 bits per heavy atom. The summed E-state index contributed by atoms with van der Waals surface area (Å²) in [6.07, 6.45) is 2.55. The van der Waals surface area contributed by atoms with E-state index in [9.17, 15) is 29.4 Å². The van der Waals surface area contributed by atoms with E-state index in [1.54, 1.807) is 42.1 Å². The van der Waals surface area contributed by atoms with E-state index >= 15 is 0 Å². The van der Waals surface area contributed by atoms with Gasteiger partial charge in [0.05, 0.1) is 12.1 Å². The first-order valence-electron chi connectivity index (χ1n) is 11.9. The second kappa shape index (κ2) is 16.9. The summed E-state index contributed by atoms with van der Waals surface area (Å²) in [5, 5.41) is 26.7. The molecule has 12 heteroatoms. The lowest BCUT2D eigenvalue weighted by Gasteiger charge is -2.26. The number of nitrogens with one attached hydrogen (secondary N) is 3. The number of hydrogen-bond acceptors (Lipinski definition) is 8. The van der Waals surface area contributed by atoms with Crippen LogP contribution in [0.1, 0.15) is 38.2 Å². The molecule has 0 aliphatic rings. The van der Waals surface area contributed by atoms with Gasteiger partial charge >= 0.3 is 5.97 Å². The van der Waals surface area contributed by atoms with Crippen molar-refractivity contribution in [1.29, 1.82) is 0 Å². The molecule has 36 heavy (non-hydrogen) atoms.